The Morgan fingerprint density at radius 2 is 1.94 bits per heavy atom. The van der Waals surface area contributed by atoms with Gasteiger partial charge in [-0.15, -0.1) is 0 Å². The van der Waals surface area contributed by atoms with Gasteiger partial charge in [-0.3, -0.25) is 4.90 Å². The number of hydrogen-bond donors (Lipinski definition) is 1. The second kappa shape index (κ2) is 8.47. The first-order valence-electron chi connectivity index (χ1n) is 6.97. The van der Waals surface area contributed by atoms with Gasteiger partial charge in [0.05, 0.1) is 6.07 Å². The summed E-state index contributed by atoms with van der Waals surface area (Å²) < 4.78 is 0. The Balaban J connectivity index is 4.13. The van der Waals surface area contributed by atoms with Crippen LogP contribution in [-0.2, 0) is 0 Å². The molecule has 0 aromatic heterocycles. The highest BCUT2D eigenvalue weighted by atomic mass is 15.2. The van der Waals surface area contributed by atoms with Crippen LogP contribution in [0, 0.1) is 11.3 Å². The third-order valence-electron chi connectivity index (χ3n) is 3.58. The van der Waals surface area contributed by atoms with E-state index in [2.05, 4.69) is 43.8 Å². The average molecular weight is 254 g/mol. The lowest BCUT2D eigenvalue weighted by molar-refractivity contribution is 0.176. The molecule has 2 N–H and O–H groups in total. The molecule has 0 bridgehead atoms. The van der Waals surface area contributed by atoms with Crippen molar-refractivity contribution in [1.82, 2.24) is 9.80 Å². The Labute approximate surface area is 113 Å². The molecule has 4 nitrogen and oxygen atoms in total. The summed E-state index contributed by atoms with van der Waals surface area (Å²) in [6, 6.07) is 2.77. The van der Waals surface area contributed by atoms with Crippen molar-refractivity contribution in [1.29, 1.82) is 5.26 Å². The maximum Gasteiger partial charge on any atom is 0.104 e. The summed E-state index contributed by atoms with van der Waals surface area (Å²) in [4.78, 5) is 4.66. The molecule has 2 unspecified atom stereocenters. The van der Waals surface area contributed by atoms with Crippen LogP contribution in [0.1, 0.15) is 40.0 Å². The molecule has 0 saturated carbocycles. The van der Waals surface area contributed by atoms with Crippen LogP contribution in [0.5, 0.6) is 0 Å². The van der Waals surface area contributed by atoms with Crippen LogP contribution in [0.15, 0.2) is 0 Å². The van der Waals surface area contributed by atoms with E-state index in [0.717, 1.165) is 38.9 Å². The van der Waals surface area contributed by atoms with Gasteiger partial charge < -0.3 is 10.6 Å². The number of nitrogens with zero attached hydrogens (tertiary/aromatic N) is 3. The van der Waals surface area contributed by atoms with Crippen molar-refractivity contribution in [2.24, 2.45) is 5.73 Å². The zero-order valence-corrected chi connectivity index (χ0v) is 12.7. The molecular formula is C14H30N4. The van der Waals surface area contributed by atoms with Crippen molar-refractivity contribution in [2.45, 2.75) is 51.6 Å². The third kappa shape index (κ3) is 6.34. The van der Waals surface area contributed by atoms with Crippen LogP contribution in [-0.4, -0.2) is 55.1 Å². The second-order valence-corrected chi connectivity index (χ2v) is 5.46. The molecule has 106 valence electrons. The number of nitriles is 1. The number of rotatable bonds is 9. The van der Waals surface area contributed by atoms with E-state index in [1.807, 2.05) is 6.92 Å². The van der Waals surface area contributed by atoms with E-state index in [0.29, 0.717) is 6.04 Å². The van der Waals surface area contributed by atoms with Crippen LogP contribution < -0.4 is 5.73 Å². The summed E-state index contributed by atoms with van der Waals surface area (Å²) in [5.74, 6) is 0. The van der Waals surface area contributed by atoms with Crippen LogP contribution in [0.4, 0.5) is 0 Å². The summed E-state index contributed by atoms with van der Waals surface area (Å²) in [5, 5.41) is 9.04. The molecule has 0 amide bonds. The van der Waals surface area contributed by atoms with Crippen LogP contribution in [0.3, 0.4) is 0 Å². The van der Waals surface area contributed by atoms with Gasteiger partial charge in [-0.05, 0) is 53.4 Å². The minimum Gasteiger partial charge on any atom is -0.313 e. The maximum atomic E-state index is 9.04. The Morgan fingerprint density at radius 1 is 1.33 bits per heavy atom. The van der Waals surface area contributed by atoms with Gasteiger partial charge >= 0.3 is 0 Å². The Kier molecular flexibility index (Phi) is 8.17. The van der Waals surface area contributed by atoms with Crippen molar-refractivity contribution in [3.8, 4) is 6.07 Å². The molecule has 0 aromatic rings. The fourth-order valence-electron chi connectivity index (χ4n) is 2.24. The maximum absolute atomic E-state index is 9.04. The van der Waals surface area contributed by atoms with E-state index >= 15 is 0 Å². The van der Waals surface area contributed by atoms with Crippen molar-refractivity contribution >= 4 is 0 Å². The molecule has 4 heteroatoms. The zero-order chi connectivity index (χ0) is 14.2. The van der Waals surface area contributed by atoms with Crippen molar-refractivity contribution < 1.29 is 0 Å². The summed E-state index contributed by atoms with van der Waals surface area (Å²) in [7, 11) is 4.20. The van der Waals surface area contributed by atoms with Crippen LogP contribution in [0.25, 0.3) is 0 Å². The molecule has 0 aliphatic heterocycles. The first-order valence-corrected chi connectivity index (χ1v) is 6.97. The van der Waals surface area contributed by atoms with Crippen LogP contribution >= 0.6 is 0 Å². The smallest absolute Gasteiger partial charge is 0.104 e. The van der Waals surface area contributed by atoms with E-state index < -0.39 is 5.54 Å². The van der Waals surface area contributed by atoms with Crippen molar-refractivity contribution in [2.75, 3.05) is 33.7 Å². The number of nitrogens with two attached hydrogens (primary N) is 1. The molecule has 0 rings (SSSR count). The third-order valence-corrected chi connectivity index (χ3v) is 3.58. The largest absolute Gasteiger partial charge is 0.313 e. The molecule has 0 saturated heterocycles. The lowest BCUT2D eigenvalue weighted by Crippen LogP contribution is -2.42. The molecule has 0 fully saturated rings. The Morgan fingerprint density at radius 3 is 2.33 bits per heavy atom. The quantitative estimate of drug-likeness (QED) is 0.680. The highest BCUT2D eigenvalue weighted by Gasteiger charge is 2.22. The molecule has 2 atom stereocenters. The van der Waals surface area contributed by atoms with E-state index in [4.69, 9.17) is 11.0 Å². The first kappa shape index (κ1) is 17.4. The van der Waals surface area contributed by atoms with E-state index in [9.17, 15) is 0 Å². The van der Waals surface area contributed by atoms with E-state index in [1.165, 1.54) is 0 Å². The fraction of sp³-hybridized carbons (Fsp3) is 0.929. The van der Waals surface area contributed by atoms with Gasteiger partial charge in [-0.1, -0.05) is 13.8 Å². The van der Waals surface area contributed by atoms with Crippen molar-refractivity contribution in [3.63, 3.8) is 0 Å². The summed E-state index contributed by atoms with van der Waals surface area (Å²) in [5.41, 5.74) is 5.36. The molecule has 0 aromatic carbocycles. The van der Waals surface area contributed by atoms with Gasteiger partial charge in [-0.25, -0.2) is 0 Å². The minimum atomic E-state index is -0.635. The lowest BCUT2D eigenvalue weighted by Gasteiger charge is -2.30. The summed E-state index contributed by atoms with van der Waals surface area (Å²) in [6.07, 6.45) is 2.50. The monoisotopic (exact) mass is 254 g/mol. The number of likely N-dealkylation sites (N-methyl/N-ethyl adjacent to an activating group) is 2. The van der Waals surface area contributed by atoms with Gasteiger partial charge in [0, 0.05) is 12.6 Å². The average Bonchev–Trinajstić information content (AvgIpc) is 2.33. The van der Waals surface area contributed by atoms with Gasteiger partial charge in [0.2, 0.25) is 0 Å². The fourth-order valence-corrected chi connectivity index (χ4v) is 2.24. The zero-order valence-electron chi connectivity index (χ0n) is 12.7. The van der Waals surface area contributed by atoms with E-state index in [-0.39, 0.29) is 0 Å². The molecule has 0 aliphatic rings. The highest BCUT2D eigenvalue weighted by molar-refractivity contribution is 5.03. The molecule has 0 radical (unpaired) electrons. The molecule has 18 heavy (non-hydrogen) atoms. The Bertz CT molecular complexity index is 259. The SMILES string of the molecule is CCN(CCCC(N)(C#N)CC)C(C)CN(C)C. The van der Waals surface area contributed by atoms with Crippen LogP contribution in [0.2, 0.25) is 0 Å². The molecule has 0 spiro atoms. The normalized spacial score (nSPS) is 16.6. The van der Waals surface area contributed by atoms with Crippen molar-refractivity contribution in [3.05, 3.63) is 0 Å². The number of hydrogen-bond acceptors (Lipinski definition) is 4. The molecular weight excluding hydrogens is 224 g/mol. The van der Waals surface area contributed by atoms with E-state index in [1.54, 1.807) is 0 Å². The minimum absolute atomic E-state index is 0.542. The Hall–Kier alpha value is -0.630. The second-order valence-electron chi connectivity index (χ2n) is 5.46. The molecule has 0 heterocycles. The van der Waals surface area contributed by atoms with Gasteiger partial charge in [0.25, 0.3) is 0 Å². The highest BCUT2D eigenvalue weighted by Crippen LogP contribution is 2.14. The first-order chi connectivity index (χ1) is 8.38. The summed E-state index contributed by atoms with van der Waals surface area (Å²) >= 11 is 0. The topological polar surface area (TPSA) is 56.3 Å². The standard InChI is InChI=1S/C14H30N4/c1-6-14(16,12-15)9-8-10-18(7-2)13(3)11-17(4)5/h13H,6-11,16H2,1-5H3. The summed E-state index contributed by atoms with van der Waals surface area (Å²) in [6.45, 7) is 9.55. The van der Waals surface area contributed by atoms with Gasteiger partial charge in [0.1, 0.15) is 5.54 Å². The lowest BCUT2D eigenvalue weighted by atomic mass is 9.93. The van der Waals surface area contributed by atoms with Gasteiger partial charge in [-0.2, -0.15) is 5.26 Å². The molecule has 0 aliphatic carbocycles. The predicted molar refractivity (Wildman–Crippen MR) is 77.3 cm³/mol. The van der Waals surface area contributed by atoms with Gasteiger partial charge in [0.15, 0.2) is 0 Å². The predicted octanol–water partition coefficient (Wildman–Crippen LogP) is 1.67.